The fraction of sp³-hybridized carbons (Fsp3) is 0.222. The number of nitrogens with zero attached hydrogens (tertiary/aromatic N) is 2. The van der Waals surface area contributed by atoms with Gasteiger partial charge in [0.25, 0.3) is 0 Å². The topological polar surface area (TPSA) is 164 Å². The van der Waals surface area contributed by atoms with E-state index in [1.54, 1.807) is 6.07 Å². The van der Waals surface area contributed by atoms with Crippen molar-refractivity contribution in [3.05, 3.63) is 59.4 Å². The number of rotatable bonds is 8. The fourth-order valence-electron chi connectivity index (χ4n) is 3.35. The quantitative estimate of drug-likeness (QED) is 0.268. The molecule has 0 bridgehead atoms. The molecular weight excluding hydrogens is 528 g/mol. The van der Waals surface area contributed by atoms with E-state index in [0.29, 0.717) is 5.56 Å². The lowest BCUT2D eigenvalue weighted by molar-refractivity contribution is -0.134. The van der Waals surface area contributed by atoms with Crippen LogP contribution in [0.2, 0.25) is 0 Å². The first kappa shape index (κ1) is 29.2. The molecule has 0 unspecified atom stereocenters. The van der Waals surface area contributed by atoms with Gasteiger partial charge in [-0.15, -0.1) is 0 Å². The number of benzene rings is 2. The Morgan fingerprint density at radius 3 is 1.77 bits per heavy atom. The van der Waals surface area contributed by atoms with Crippen LogP contribution in [0, 0.1) is 0 Å². The van der Waals surface area contributed by atoms with Gasteiger partial charge in [-0.05, 0) is 35.9 Å². The lowest BCUT2D eigenvalue weighted by Gasteiger charge is -2.18. The predicted molar refractivity (Wildman–Crippen MR) is 135 cm³/mol. The van der Waals surface area contributed by atoms with Crippen LogP contribution >= 0.6 is 0 Å². The van der Waals surface area contributed by atoms with Crippen molar-refractivity contribution in [3.63, 3.8) is 0 Å². The average molecular weight is 552 g/mol. The van der Waals surface area contributed by atoms with E-state index in [1.807, 2.05) is 0 Å². The van der Waals surface area contributed by atoms with Crippen molar-refractivity contribution in [3.8, 4) is 23.0 Å². The number of cyclic esters (lactones) is 1. The van der Waals surface area contributed by atoms with Crippen LogP contribution in [0.4, 0.5) is 0 Å². The van der Waals surface area contributed by atoms with Gasteiger partial charge in [0.05, 0.1) is 6.54 Å². The predicted octanol–water partition coefficient (Wildman–Crippen LogP) is 2.58. The summed E-state index contributed by atoms with van der Waals surface area (Å²) in [6.07, 6.45) is 1.18. The van der Waals surface area contributed by atoms with Gasteiger partial charge in [-0.2, -0.15) is 0 Å². The van der Waals surface area contributed by atoms with E-state index in [-0.39, 0.29) is 46.7 Å². The summed E-state index contributed by atoms with van der Waals surface area (Å²) in [5.74, 6) is -4.17. The largest absolute Gasteiger partial charge is 0.423 e. The second-order valence-corrected chi connectivity index (χ2v) is 8.28. The summed E-state index contributed by atoms with van der Waals surface area (Å²) < 4.78 is 25.5. The van der Waals surface area contributed by atoms with Gasteiger partial charge in [-0.1, -0.05) is 6.07 Å². The van der Waals surface area contributed by atoms with Gasteiger partial charge in [-0.3, -0.25) is 24.0 Å². The Kier molecular flexibility index (Phi) is 9.12. The monoisotopic (exact) mass is 552 g/mol. The lowest BCUT2D eigenvalue weighted by atomic mass is 10.2. The van der Waals surface area contributed by atoms with Crippen molar-refractivity contribution in [2.45, 2.75) is 41.2 Å². The second-order valence-electron chi connectivity index (χ2n) is 8.28. The maximum atomic E-state index is 12.6. The SMILES string of the molecule is CC(=O)Oc1ccc(CN(/C=C2/N=C(c3ccc(OC(C)=O)c(OC(C)=O)c3)OC2=O)C(C)=O)cc1OC(C)=O. The summed E-state index contributed by atoms with van der Waals surface area (Å²) in [7, 11) is 0. The molecule has 0 aliphatic carbocycles. The molecule has 2 aromatic rings. The Morgan fingerprint density at radius 2 is 1.25 bits per heavy atom. The Bertz CT molecular complexity index is 1470. The van der Waals surface area contributed by atoms with Gasteiger partial charge in [0, 0.05) is 46.4 Å². The Hall–Kier alpha value is -5.33. The zero-order chi connectivity index (χ0) is 29.6. The van der Waals surface area contributed by atoms with E-state index in [9.17, 15) is 28.8 Å². The summed E-state index contributed by atoms with van der Waals surface area (Å²) in [5, 5.41) is 0. The van der Waals surface area contributed by atoms with Crippen LogP contribution in [-0.2, 0) is 40.0 Å². The van der Waals surface area contributed by atoms with Crippen molar-refractivity contribution in [2.75, 3.05) is 0 Å². The van der Waals surface area contributed by atoms with Gasteiger partial charge >= 0.3 is 29.8 Å². The molecule has 40 heavy (non-hydrogen) atoms. The molecule has 0 N–H and O–H groups in total. The van der Waals surface area contributed by atoms with Crippen molar-refractivity contribution < 1.29 is 52.5 Å². The molecule has 0 spiro atoms. The molecule has 0 radical (unpaired) electrons. The summed E-state index contributed by atoms with van der Waals surface area (Å²) in [5.41, 5.74) is 0.493. The van der Waals surface area contributed by atoms with E-state index in [2.05, 4.69) is 4.99 Å². The molecule has 0 atom stereocenters. The number of esters is 5. The fourth-order valence-corrected chi connectivity index (χ4v) is 3.35. The Labute approximate surface area is 227 Å². The molecule has 2 aromatic carbocycles. The maximum absolute atomic E-state index is 12.6. The highest BCUT2D eigenvalue weighted by Gasteiger charge is 2.27. The molecule has 1 amide bonds. The number of amides is 1. The molecule has 208 valence electrons. The smallest absolute Gasteiger partial charge is 0.365 e. The number of aliphatic imine (C=N–C) groups is 1. The first-order valence-electron chi connectivity index (χ1n) is 11.6. The molecule has 3 rings (SSSR count). The standard InChI is InChI=1S/C27H24N2O11/c1-14(30)29(12-19-6-8-22(36-15(2)31)24(10-19)38-17(4)33)13-21-27(35)40-26(28-21)20-7-9-23(37-16(3)32)25(11-20)39-18(5)34/h6-11,13H,12H2,1-5H3/b21-13+. The minimum Gasteiger partial charge on any atom is -0.423 e. The lowest BCUT2D eigenvalue weighted by Crippen LogP contribution is -2.23. The second kappa shape index (κ2) is 12.5. The molecule has 0 aromatic heterocycles. The van der Waals surface area contributed by atoms with Crippen LogP contribution in [0.1, 0.15) is 45.7 Å². The van der Waals surface area contributed by atoms with E-state index in [1.165, 1.54) is 69.1 Å². The van der Waals surface area contributed by atoms with Crippen molar-refractivity contribution >= 4 is 41.7 Å². The molecule has 13 nitrogen and oxygen atoms in total. The van der Waals surface area contributed by atoms with E-state index in [0.717, 1.165) is 6.92 Å². The maximum Gasteiger partial charge on any atom is 0.365 e. The minimum absolute atomic E-state index is 0.0145. The molecular formula is C27H24N2O11. The van der Waals surface area contributed by atoms with Crippen LogP contribution in [0.3, 0.4) is 0 Å². The molecule has 1 aliphatic rings. The normalized spacial score (nSPS) is 13.2. The number of carbonyl (C=O) groups excluding carboxylic acids is 6. The highest BCUT2D eigenvalue weighted by atomic mass is 16.6. The molecule has 13 heteroatoms. The minimum atomic E-state index is -0.856. The summed E-state index contributed by atoms with van der Waals surface area (Å²) in [4.78, 5) is 76.0. The van der Waals surface area contributed by atoms with Crippen molar-refractivity contribution in [1.82, 2.24) is 4.90 Å². The van der Waals surface area contributed by atoms with E-state index in [4.69, 9.17) is 23.7 Å². The number of ether oxygens (including phenoxy) is 5. The average Bonchev–Trinajstić information content (AvgIpc) is 3.20. The van der Waals surface area contributed by atoms with Crippen molar-refractivity contribution in [1.29, 1.82) is 0 Å². The van der Waals surface area contributed by atoms with Gasteiger partial charge in [-0.25, -0.2) is 9.79 Å². The summed E-state index contributed by atoms with van der Waals surface area (Å²) >= 11 is 0. The van der Waals surface area contributed by atoms with Gasteiger partial charge < -0.3 is 28.6 Å². The first-order valence-corrected chi connectivity index (χ1v) is 11.6. The third-order valence-corrected chi connectivity index (χ3v) is 4.87. The van der Waals surface area contributed by atoms with E-state index >= 15 is 0 Å². The van der Waals surface area contributed by atoms with Crippen LogP contribution in [0.25, 0.3) is 0 Å². The van der Waals surface area contributed by atoms with Gasteiger partial charge in [0.2, 0.25) is 11.8 Å². The van der Waals surface area contributed by atoms with Crippen LogP contribution < -0.4 is 18.9 Å². The highest BCUT2D eigenvalue weighted by molar-refractivity contribution is 6.11. The van der Waals surface area contributed by atoms with Crippen molar-refractivity contribution in [2.24, 2.45) is 4.99 Å². The molecule has 0 saturated carbocycles. The van der Waals surface area contributed by atoms with E-state index < -0.39 is 35.8 Å². The van der Waals surface area contributed by atoms with Gasteiger partial charge in [0.15, 0.2) is 28.7 Å². The molecule has 1 heterocycles. The first-order chi connectivity index (χ1) is 18.8. The number of carbonyl (C=O) groups is 6. The third kappa shape index (κ3) is 7.84. The third-order valence-electron chi connectivity index (χ3n) is 4.87. The summed E-state index contributed by atoms with van der Waals surface area (Å²) in [6.45, 7) is 5.90. The Morgan fingerprint density at radius 1 is 0.750 bits per heavy atom. The highest BCUT2D eigenvalue weighted by Crippen LogP contribution is 2.31. The van der Waals surface area contributed by atoms with Crippen LogP contribution in [0.15, 0.2) is 53.3 Å². The molecule has 0 saturated heterocycles. The Balaban J connectivity index is 1.91. The van der Waals surface area contributed by atoms with Crippen LogP contribution in [-0.4, -0.2) is 46.6 Å². The summed E-state index contributed by atoms with van der Waals surface area (Å²) in [6, 6.07) is 8.44. The zero-order valence-corrected chi connectivity index (χ0v) is 22.1. The van der Waals surface area contributed by atoms with Crippen LogP contribution in [0.5, 0.6) is 23.0 Å². The number of hydrogen-bond acceptors (Lipinski definition) is 12. The zero-order valence-electron chi connectivity index (χ0n) is 22.1. The number of hydrogen-bond donors (Lipinski definition) is 0. The molecule has 0 fully saturated rings. The molecule has 1 aliphatic heterocycles. The van der Waals surface area contributed by atoms with Gasteiger partial charge in [0.1, 0.15) is 0 Å².